The van der Waals surface area contributed by atoms with Crippen molar-refractivity contribution in [2.45, 2.75) is 31.7 Å². The Hall–Kier alpha value is -2.43. The van der Waals surface area contributed by atoms with Gasteiger partial charge in [0.15, 0.2) is 0 Å². The van der Waals surface area contributed by atoms with Crippen LogP contribution in [0.1, 0.15) is 46.9 Å². The summed E-state index contributed by atoms with van der Waals surface area (Å²) >= 11 is 0. The molecule has 0 N–H and O–H groups in total. The molecule has 5 heteroatoms. The Bertz CT molecular complexity index is 750. The molecule has 1 aliphatic heterocycles. The Labute approximate surface area is 133 Å². The van der Waals surface area contributed by atoms with Crippen LogP contribution < -0.4 is 0 Å². The molecule has 1 aromatic carbocycles. The third-order valence-corrected chi connectivity index (χ3v) is 4.33. The first kappa shape index (κ1) is 15.5. The lowest BCUT2D eigenvalue weighted by atomic mass is 10.00. The number of ketones is 1. The molecule has 1 unspecified atom stereocenters. The van der Waals surface area contributed by atoms with Crippen LogP contribution in [0.3, 0.4) is 0 Å². The van der Waals surface area contributed by atoms with E-state index in [9.17, 15) is 14.0 Å². The van der Waals surface area contributed by atoms with Gasteiger partial charge in [-0.05, 0) is 37.1 Å². The number of carbonyl (C=O) groups is 2. The van der Waals surface area contributed by atoms with Crippen molar-refractivity contribution in [1.29, 1.82) is 0 Å². The van der Waals surface area contributed by atoms with Crippen LogP contribution in [-0.2, 0) is 16.1 Å². The van der Waals surface area contributed by atoms with Crippen molar-refractivity contribution >= 4 is 11.8 Å². The van der Waals surface area contributed by atoms with Crippen molar-refractivity contribution in [3.63, 3.8) is 0 Å². The number of carbonyl (C=O) groups excluding carboxylic acids is 2. The summed E-state index contributed by atoms with van der Waals surface area (Å²) in [6.45, 7) is 0.644. The molecular formula is C18H18FNO3. The van der Waals surface area contributed by atoms with E-state index in [4.69, 9.17) is 4.74 Å². The van der Waals surface area contributed by atoms with Gasteiger partial charge >= 0.3 is 5.97 Å². The van der Waals surface area contributed by atoms with Gasteiger partial charge in [0.25, 0.3) is 0 Å². The summed E-state index contributed by atoms with van der Waals surface area (Å²) in [6, 6.07) is 9.40. The van der Waals surface area contributed by atoms with E-state index in [-0.39, 0.29) is 23.2 Å². The van der Waals surface area contributed by atoms with Crippen molar-refractivity contribution < 1.29 is 18.7 Å². The standard InChI is InChI=1S/C18H18FNO3/c1-23-18(22)13-7-4-5-11-20-15(13)9-10-16(20)17(21)12-6-2-3-8-14(12)19/h2-3,6,8-10,13H,4-5,7,11H2,1H3. The van der Waals surface area contributed by atoms with E-state index in [1.807, 2.05) is 4.57 Å². The first-order chi connectivity index (χ1) is 11.1. The van der Waals surface area contributed by atoms with E-state index in [1.165, 1.54) is 19.2 Å². The zero-order chi connectivity index (χ0) is 16.4. The lowest BCUT2D eigenvalue weighted by Gasteiger charge is -2.15. The zero-order valence-corrected chi connectivity index (χ0v) is 12.9. The lowest BCUT2D eigenvalue weighted by molar-refractivity contribution is -0.142. The average molecular weight is 315 g/mol. The number of methoxy groups -OCH3 is 1. The molecule has 3 rings (SSSR count). The molecule has 1 aliphatic rings. The molecule has 4 nitrogen and oxygen atoms in total. The molecule has 23 heavy (non-hydrogen) atoms. The van der Waals surface area contributed by atoms with E-state index in [0.717, 1.165) is 18.5 Å². The highest BCUT2D eigenvalue weighted by Crippen LogP contribution is 2.30. The second-order valence-electron chi connectivity index (χ2n) is 5.68. The van der Waals surface area contributed by atoms with E-state index in [2.05, 4.69) is 0 Å². The number of esters is 1. The van der Waals surface area contributed by atoms with Crippen LogP contribution in [0.15, 0.2) is 36.4 Å². The van der Waals surface area contributed by atoms with Gasteiger partial charge in [0.1, 0.15) is 5.82 Å². The number of ether oxygens (including phenoxy) is 1. The Morgan fingerprint density at radius 2 is 1.96 bits per heavy atom. The molecule has 120 valence electrons. The summed E-state index contributed by atoms with van der Waals surface area (Å²) in [7, 11) is 1.37. The van der Waals surface area contributed by atoms with Gasteiger partial charge in [-0.25, -0.2) is 4.39 Å². The summed E-state index contributed by atoms with van der Waals surface area (Å²) in [5, 5.41) is 0. The summed E-state index contributed by atoms with van der Waals surface area (Å²) < 4.78 is 20.6. The minimum atomic E-state index is -0.536. The average Bonchev–Trinajstić information content (AvgIpc) is 2.86. The Morgan fingerprint density at radius 1 is 1.17 bits per heavy atom. The predicted molar refractivity (Wildman–Crippen MR) is 82.9 cm³/mol. The molecule has 1 atom stereocenters. The van der Waals surface area contributed by atoms with Gasteiger partial charge in [-0.2, -0.15) is 0 Å². The molecule has 2 heterocycles. The van der Waals surface area contributed by atoms with E-state index in [0.29, 0.717) is 18.7 Å². The number of benzene rings is 1. The molecule has 2 aromatic rings. The van der Waals surface area contributed by atoms with Crippen LogP contribution in [0, 0.1) is 5.82 Å². The third-order valence-electron chi connectivity index (χ3n) is 4.33. The highest BCUT2D eigenvalue weighted by atomic mass is 19.1. The maximum atomic E-state index is 13.9. The number of rotatable bonds is 3. The molecule has 0 aliphatic carbocycles. The molecule has 0 bridgehead atoms. The first-order valence-electron chi connectivity index (χ1n) is 7.70. The van der Waals surface area contributed by atoms with Crippen molar-refractivity contribution in [2.24, 2.45) is 0 Å². The molecule has 0 amide bonds. The van der Waals surface area contributed by atoms with Crippen LogP contribution in [0.4, 0.5) is 4.39 Å². The monoisotopic (exact) mass is 315 g/mol. The maximum absolute atomic E-state index is 13.9. The molecular weight excluding hydrogens is 297 g/mol. The van der Waals surface area contributed by atoms with Gasteiger partial charge in [-0.15, -0.1) is 0 Å². The fraction of sp³-hybridized carbons (Fsp3) is 0.333. The Morgan fingerprint density at radius 3 is 2.70 bits per heavy atom. The highest BCUT2D eigenvalue weighted by molar-refractivity contribution is 6.08. The zero-order valence-electron chi connectivity index (χ0n) is 12.9. The lowest BCUT2D eigenvalue weighted by Crippen LogP contribution is -2.18. The number of nitrogens with zero attached hydrogens (tertiary/aromatic N) is 1. The molecule has 0 saturated heterocycles. The van der Waals surface area contributed by atoms with Gasteiger partial charge in [-0.3, -0.25) is 9.59 Å². The summed E-state index contributed by atoms with van der Waals surface area (Å²) in [5.74, 6) is -1.56. The summed E-state index contributed by atoms with van der Waals surface area (Å²) in [6.07, 6.45) is 2.45. The second-order valence-corrected chi connectivity index (χ2v) is 5.68. The van der Waals surface area contributed by atoms with Crippen molar-refractivity contribution in [2.75, 3.05) is 7.11 Å². The van der Waals surface area contributed by atoms with Gasteiger partial charge in [-0.1, -0.05) is 18.6 Å². The van der Waals surface area contributed by atoms with Gasteiger partial charge < -0.3 is 9.30 Å². The van der Waals surface area contributed by atoms with Crippen LogP contribution >= 0.6 is 0 Å². The third kappa shape index (κ3) is 2.79. The molecule has 0 fully saturated rings. The fourth-order valence-corrected chi connectivity index (χ4v) is 3.17. The van der Waals surface area contributed by atoms with Crippen LogP contribution in [0.5, 0.6) is 0 Å². The SMILES string of the molecule is COC(=O)C1CCCCn2c(C(=O)c3ccccc3F)ccc21. The smallest absolute Gasteiger partial charge is 0.314 e. The largest absolute Gasteiger partial charge is 0.469 e. The van der Waals surface area contributed by atoms with Crippen molar-refractivity contribution in [1.82, 2.24) is 4.57 Å². The fourth-order valence-electron chi connectivity index (χ4n) is 3.17. The van der Waals surface area contributed by atoms with E-state index in [1.54, 1.807) is 24.3 Å². The first-order valence-corrected chi connectivity index (χ1v) is 7.70. The summed E-state index contributed by atoms with van der Waals surface area (Å²) in [5.41, 5.74) is 1.24. The van der Waals surface area contributed by atoms with Crippen molar-refractivity contribution in [3.05, 3.63) is 59.2 Å². The van der Waals surface area contributed by atoms with Gasteiger partial charge in [0.2, 0.25) is 5.78 Å². The second kappa shape index (κ2) is 6.36. The predicted octanol–water partition coefficient (Wildman–Crippen LogP) is 3.30. The minimum Gasteiger partial charge on any atom is -0.469 e. The van der Waals surface area contributed by atoms with Crippen LogP contribution in [-0.4, -0.2) is 23.4 Å². The van der Waals surface area contributed by atoms with Gasteiger partial charge in [0, 0.05) is 12.2 Å². The van der Waals surface area contributed by atoms with Crippen LogP contribution in [0.2, 0.25) is 0 Å². The quantitative estimate of drug-likeness (QED) is 0.645. The number of hydrogen-bond acceptors (Lipinski definition) is 3. The molecule has 0 radical (unpaired) electrons. The maximum Gasteiger partial charge on any atom is 0.314 e. The van der Waals surface area contributed by atoms with Crippen molar-refractivity contribution in [3.8, 4) is 0 Å². The van der Waals surface area contributed by atoms with E-state index < -0.39 is 5.82 Å². The van der Waals surface area contributed by atoms with E-state index >= 15 is 0 Å². The molecule has 0 spiro atoms. The van der Waals surface area contributed by atoms with Crippen LogP contribution in [0.25, 0.3) is 0 Å². The topological polar surface area (TPSA) is 48.3 Å². The number of hydrogen-bond donors (Lipinski definition) is 0. The highest BCUT2D eigenvalue weighted by Gasteiger charge is 2.29. The number of aromatic nitrogens is 1. The minimum absolute atomic E-state index is 0.0484. The summed E-state index contributed by atoms with van der Waals surface area (Å²) in [4.78, 5) is 24.7. The molecule has 0 saturated carbocycles. The Balaban J connectivity index is 2.03. The normalized spacial score (nSPS) is 17.2. The number of fused-ring (bicyclic) bond motifs is 1. The van der Waals surface area contributed by atoms with Gasteiger partial charge in [0.05, 0.1) is 24.3 Å². The number of halogens is 1. The molecule has 1 aromatic heterocycles. The Kier molecular flexibility index (Phi) is 4.28.